The topological polar surface area (TPSA) is 66.4 Å². The van der Waals surface area contributed by atoms with Gasteiger partial charge < -0.3 is 10.4 Å². The maximum atomic E-state index is 11.2. The van der Waals surface area contributed by atoms with Crippen LogP contribution in [-0.4, -0.2) is 44.7 Å². The van der Waals surface area contributed by atoms with Gasteiger partial charge in [0.25, 0.3) is 0 Å². The zero-order chi connectivity index (χ0) is 13.6. The number of aliphatic hydroxyl groups is 1. The summed E-state index contributed by atoms with van der Waals surface area (Å²) in [5, 5.41) is 12.6. The van der Waals surface area contributed by atoms with Crippen LogP contribution in [0.5, 0.6) is 0 Å². The first kappa shape index (κ1) is 15.9. The highest BCUT2D eigenvalue weighted by Crippen LogP contribution is 2.38. The van der Waals surface area contributed by atoms with Crippen LogP contribution in [-0.2, 0) is 9.84 Å². The molecule has 1 fully saturated rings. The molecule has 4 nitrogen and oxygen atoms in total. The van der Waals surface area contributed by atoms with Crippen LogP contribution in [0, 0.1) is 5.41 Å². The Labute approximate surface area is 111 Å². The van der Waals surface area contributed by atoms with Crippen LogP contribution in [0.25, 0.3) is 0 Å². The minimum Gasteiger partial charge on any atom is -0.396 e. The lowest BCUT2D eigenvalue weighted by Crippen LogP contribution is -2.42. The van der Waals surface area contributed by atoms with E-state index in [9.17, 15) is 13.5 Å². The van der Waals surface area contributed by atoms with Gasteiger partial charge in [-0.2, -0.15) is 0 Å². The van der Waals surface area contributed by atoms with Gasteiger partial charge in [-0.05, 0) is 31.6 Å². The Bertz CT molecular complexity index is 329. The quantitative estimate of drug-likeness (QED) is 0.737. The molecule has 5 heteroatoms. The third-order valence-corrected chi connectivity index (χ3v) is 5.04. The number of hydrogen-bond acceptors (Lipinski definition) is 4. The van der Waals surface area contributed by atoms with Gasteiger partial charge in [0.05, 0.1) is 5.75 Å². The monoisotopic (exact) mass is 277 g/mol. The van der Waals surface area contributed by atoms with Gasteiger partial charge in [0.15, 0.2) is 0 Å². The molecule has 1 aliphatic carbocycles. The third-order valence-electron chi connectivity index (χ3n) is 3.93. The zero-order valence-corrected chi connectivity index (χ0v) is 12.4. The van der Waals surface area contributed by atoms with E-state index in [1.807, 2.05) is 6.92 Å². The van der Waals surface area contributed by atoms with Gasteiger partial charge in [0.2, 0.25) is 0 Å². The molecule has 0 spiro atoms. The van der Waals surface area contributed by atoms with E-state index in [0.29, 0.717) is 0 Å². The van der Waals surface area contributed by atoms with Crippen molar-refractivity contribution < 1.29 is 13.5 Å². The first-order chi connectivity index (χ1) is 8.37. The Morgan fingerprint density at radius 2 is 1.89 bits per heavy atom. The maximum absolute atomic E-state index is 11.2. The van der Waals surface area contributed by atoms with Crippen LogP contribution >= 0.6 is 0 Å². The summed E-state index contributed by atoms with van der Waals surface area (Å²) < 4.78 is 22.4. The van der Waals surface area contributed by atoms with Crippen LogP contribution in [0.15, 0.2) is 0 Å². The van der Waals surface area contributed by atoms with Crippen molar-refractivity contribution in [2.75, 3.05) is 25.2 Å². The van der Waals surface area contributed by atoms with E-state index in [4.69, 9.17) is 0 Å². The maximum Gasteiger partial charge on any atom is 0.148 e. The number of nitrogens with one attached hydrogen (secondary N) is 1. The van der Waals surface area contributed by atoms with E-state index in [1.54, 1.807) is 0 Å². The van der Waals surface area contributed by atoms with Crippen molar-refractivity contribution in [2.45, 2.75) is 51.5 Å². The van der Waals surface area contributed by atoms with Gasteiger partial charge in [0, 0.05) is 25.4 Å². The van der Waals surface area contributed by atoms with E-state index in [1.165, 1.54) is 25.5 Å². The van der Waals surface area contributed by atoms with Crippen molar-refractivity contribution in [1.29, 1.82) is 0 Å². The molecular weight excluding hydrogens is 250 g/mol. The molecule has 0 saturated heterocycles. The molecule has 0 radical (unpaired) electrons. The van der Waals surface area contributed by atoms with Gasteiger partial charge in [-0.1, -0.05) is 19.3 Å². The molecule has 0 aromatic heterocycles. The van der Waals surface area contributed by atoms with Crippen LogP contribution in [0.2, 0.25) is 0 Å². The second kappa shape index (κ2) is 6.87. The summed E-state index contributed by atoms with van der Waals surface area (Å²) in [6.45, 7) is 2.96. The smallest absolute Gasteiger partial charge is 0.148 e. The third kappa shape index (κ3) is 5.67. The van der Waals surface area contributed by atoms with Crippen LogP contribution in [0.3, 0.4) is 0 Å². The van der Waals surface area contributed by atoms with Gasteiger partial charge in [-0.3, -0.25) is 0 Å². The first-order valence-electron chi connectivity index (χ1n) is 6.89. The predicted octanol–water partition coefficient (Wildman–Crippen LogP) is 1.34. The van der Waals surface area contributed by atoms with E-state index in [-0.39, 0.29) is 23.8 Å². The average molecular weight is 277 g/mol. The molecule has 1 saturated carbocycles. The van der Waals surface area contributed by atoms with Crippen molar-refractivity contribution in [2.24, 2.45) is 5.41 Å². The number of rotatable bonds is 7. The molecule has 1 unspecified atom stereocenters. The normalized spacial score (nSPS) is 21.7. The fourth-order valence-corrected chi connectivity index (χ4v) is 3.98. The molecule has 1 aliphatic rings. The summed E-state index contributed by atoms with van der Waals surface area (Å²) in [5.41, 5.74) is 0.179. The fraction of sp³-hybridized carbons (Fsp3) is 1.00. The van der Waals surface area contributed by atoms with E-state index in [2.05, 4.69) is 5.32 Å². The highest BCUT2D eigenvalue weighted by Gasteiger charge is 2.31. The second-order valence-electron chi connectivity index (χ2n) is 5.91. The predicted molar refractivity (Wildman–Crippen MR) is 74.4 cm³/mol. The minimum atomic E-state index is -2.92. The number of sulfone groups is 1. The Morgan fingerprint density at radius 1 is 1.28 bits per heavy atom. The molecule has 108 valence electrons. The Balaban J connectivity index is 2.46. The highest BCUT2D eigenvalue weighted by molar-refractivity contribution is 7.90. The first-order valence-corrected chi connectivity index (χ1v) is 8.95. The molecule has 1 atom stereocenters. The fourth-order valence-electron chi connectivity index (χ4n) is 2.96. The standard InChI is InChI=1S/C13H27NO3S/c1-12(10-18(2,16)17)14-11-13(8-9-15)6-4-3-5-7-13/h12,14-15H,3-11H2,1-2H3. The molecule has 0 aromatic rings. The summed E-state index contributed by atoms with van der Waals surface area (Å²) in [6.07, 6.45) is 8.12. The Morgan fingerprint density at radius 3 is 2.39 bits per heavy atom. The highest BCUT2D eigenvalue weighted by atomic mass is 32.2. The molecule has 2 N–H and O–H groups in total. The molecule has 1 rings (SSSR count). The summed E-state index contributed by atoms with van der Waals surface area (Å²) in [7, 11) is -2.92. The van der Waals surface area contributed by atoms with Crippen molar-refractivity contribution in [3.05, 3.63) is 0 Å². The largest absolute Gasteiger partial charge is 0.396 e. The molecular formula is C13H27NO3S. The van der Waals surface area contributed by atoms with E-state index < -0.39 is 9.84 Å². The SMILES string of the molecule is CC(CS(C)(=O)=O)NCC1(CCO)CCCCC1. The minimum absolute atomic E-state index is 0.0162. The van der Waals surface area contributed by atoms with Crippen molar-refractivity contribution >= 4 is 9.84 Å². The summed E-state index contributed by atoms with van der Waals surface area (Å²) in [5.74, 6) is 0.183. The second-order valence-corrected chi connectivity index (χ2v) is 8.09. The van der Waals surface area contributed by atoms with Crippen LogP contribution < -0.4 is 5.32 Å². The van der Waals surface area contributed by atoms with Gasteiger partial charge in [-0.15, -0.1) is 0 Å². The molecule has 0 amide bonds. The summed E-state index contributed by atoms with van der Waals surface area (Å²) in [4.78, 5) is 0. The van der Waals surface area contributed by atoms with Crippen LogP contribution in [0.4, 0.5) is 0 Å². The lowest BCUT2D eigenvalue weighted by Gasteiger charge is -2.38. The van der Waals surface area contributed by atoms with Crippen molar-refractivity contribution in [3.8, 4) is 0 Å². The lowest BCUT2D eigenvalue weighted by molar-refractivity contribution is 0.124. The molecule has 0 aromatic carbocycles. The van der Waals surface area contributed by atoms with E-state index in [0.717, 1.165) is 25.8 Å². The lowest BCUT2D eigenvalue weighted by atomic mass is 9.72. The van der Waals surface area contributed by atoms with Gasteiger partial charge >= 0.3 is 0 Å². The Kier molecular flexibility index (Phi) is 6.08. The van der Waals surface area contributed by atoms with Crippen molar-refractivity contribution in [1.82, 2.24) is 5.32 Å². The number of aliphatic hydroxyl groups excluding tert-OH is 1. The molecule has 0 bridgehead atoms. The summed E-state index contributed by atoms with van der Waals surface area (Å²) in [6, 6.07) is -0.0162. The average Bonchev–Trinajstić information content (AvgIpc) is 2.26. The molecule has 18 heavy (non-hydrogen) atoms. The van der Waals surface area contributed by atoms with Gasteiger partial charge in [0.1, 0.15) is 9.84 Å². The summed E-state index contributed by atoms with van der Waals surface area (Å²) >= 11 is 0. The van der Waals surface area contributed by atoms with Crippen LogP contribution in [0.1, 0.15) is 45.4 Å². The molecule has 0 aliphatic heterocycles. The van der Waals surface area contributed by atoms with Gasteiger partial charge in [-0.25, -0.2) is 8.42 Å². The Hall–Kier alpha value is -0.130. The molecule has 0 heterocycles. The van der Waals surface area contributed by atoms with Crippen molar-refractivity contribution in [3.63, 3.8) is 0 Å². The van der Waals surface area contributed by atoms with E-state index >= 15 is 0 Å². The number of hydrogen-bond donors (Lipinski definition) is 2. The zero-order valence-electron chi connectivity index (χ0n) is 11.6.